The van der Waals surface area contributed by atoms with Crippen LogP contribution in [0.4, 0.5) is 5.82 Å². The molecular weight excluding hydrogens is 202 g/mol. The van der Waals surface area contributed by atoms with Gasteiger partial charge in [0.2, 0.25) is 0 Å². The third-order valence-electron chi connectivity index (χ3n) is 2.87. The summed E-state index contributed by atoms with van der Waals surface area (Å²) in [5.41, 5.74) is 0.629. The van der Waals surface area contributed by atoms with Crippen LogP contribution in [0.15, 0.2) is 18.3 Å². The normalized spacial score (nSPS) is 15.4. The number of anilines is 1. The second-order valence-corrected chi connectivity index (χ2v) is 4.40. The highest BCUT2D eigenvalue weighted by Gasteiger charge is 2.17. The van der Waals surface area contributed by atoms with Crippen molar-refractivity contribution in [2.75, 3.05) is 19.4 Å². The van der Waals surface area contributed by atoms with E-state index in [1.54, 1.807) is 25.2 Å². The molecule has 1 amide bonds. The average Bonchev–Trinajstić information content (AvgIpc) is 2.23. The first kappa shape index (κ1) is 10.9. The highest BCUT2D eigenvalue weighted by Crippen LogP contribution is 2.22. The Morgan fingerprint density at radius 1 is 1.44 bits per heavy atom. The molecule has 0 unspecified atom stereocenters. The standard InChI is InChI=1S/C12H17N3O/c1-15(2)12(16)9-6-7-11(13-8-9)14-10-4-3-5-10/h6-8,10H,3-5H2,1-2H3,(H,13,14). The summed E-state index contributed by atoms with van der Waals surface area (Å²) in [4.78, 5) is 17.4. The van der Waals surface area contributed by atoms with E-state index in [0.717, 1.165) is 5.82 Å². The van der Waals surface area contributed by atoms with E-state index in [2.05, 4.69) is 10.3 Å². The predicted molar refractivity (Wildman–Crippen MR) is 63.5 cm³/mol. The van der Waals surface area contributed by atoms with Crippen molar-refractivity contribution in [2.24, 2.45) is 0 Å². The minimum atomic E-state index is -0.0114. The van der Waals surface area contributed by atoms with Gasteiger partial charge < -0.3 is 10.2 Å². The summed E-state index contributed by atoms with van der Waals surface area (Å²) in [6, 6.07) is 4.26. The van der Waals surface area contributed by atoms with Gasteiger partial charge in [-0.3, -0.25) is 4.79 Å². The number of rotatable bonds is 3. The van der Waals surface area contributed by atoms with Gasteiger partial charge in [0, 0.05) is 26.3 Å². The highest BCUT2D eigenvalue weighted by molar-refractivity contribution is 5.93. The number of pyridine rings is 1. The molecule has 1 N–H and O–H groups in total. The summed E-state index contributed by atoms with van der Waals surface area (Å²) in [7, 11) is 3.48. The quantitative estimate of drug-likeness (QED) is 0.842. The van der Waals surface area contributed by atoms with E-state index in [1.807, 2.05) is 12.1 Å². The monoisotopic (exact) mass is 219 g/mol. The third kappa shape index (κ3) is 2.32. The van der Waals surface area contributed by atoms with Crippen molar-refractivity contribution in [1.29, 1.82) is 0 Å². The summed E-state index contributed by atoms with van der Waals surface area (Å²) >= 11 is 0. The Bertz CT molecular complexity index is 368. The molecule has 1 aromatic rings. The average molecular weight is 219 g/mol. The smallest absolute Gasteiger partial charge is 0.254 e. The molecule has 1 aromatic heterocycles. The van der Waals surface area contributed by atoms with E-state index in [9.17, 15) is 4.79 Å². The fourth-order valence-electron chi connectivity index (χ4n) is 1.63. The molecule has 0 saturated heterocycles. The summed E-state index contributed by atoms with van der Waals surface area (Å²) in [6.45, 7) is 0. The van der Waals surface area contributed by atoms with Gasteiger partial charge >= 0.3 is 0 Å². The predicted octanol–water partition coefficient (Wildman–Crippen LogP) is 1.75. The molecule has 0 spiro atoms. The molecule has 1 fully saturated rings. The van der Waals surface area contributed by atoms with Crippen molar-refractivity contribution in [2.45, 2.75) is 25.3 Å². The molecule has 1 aliphatic rings. The van der Waals surface area contributed by atoms with Crippen LogP contribution in [0.2, 0.25) is 0 Å². The topological polar surface area (TPSA) is 45.2 Å². The fourth-order valence-corrected chi connectivity index (χ4v) is 1.63. The molecule has 0 aliphatic heterocycles. The first-order valence-electron chi connectivity index (χ1n) is 5.61. The lowest BCUT2D eigenvalue weighted by Gasteiger charge is -2.26. The Hall–Kier alpha value is -1.58. The van der Waals surface area contributed by atoms with E-state index in [0.29, 0.717) is 11.6 Å². The van der Waals surface area contributed by atoms with Crippen LogP contribution in [-0.2, 0) is 0 Å². The second-order valence-electron chi connectivity index (χ2n) is 4.40. The summed E-state index contributed by atoms with van der Waals surface area (Å²) in [6.07, 6.45) is 5.37. The lowest BCUT2D eigenvalue weighted by Crippen LogP contribution is -2.27. The summed E-state index contributed by atoms with van der Waals surface area (Å²) in [5, 5.41) is 3.34. The van der Waals surface area contributed by atoms with E-state index < -0.39 is 0 Å². The van der Waals surface area contributed by atoms with Gasteiger partial charge in [-0.25, -0.2) is 4.98 Å². The molecule has 2 rings (SSSR count). The number of hydrogen-bond acceptors (Lipinski definition) is 3. The molecule has 4 heteroatoms. The van der Waals surface area contributed by atoms with E-state index in [-0.39, 0.29) is 5.91 Å². The zero-order valence-electron chi connectivity index (χ0n) is 9.73. The minimum absolute atomic E-state index is 0.0114. The van der Waals surface area contributed by atoms with Crippen molar-refractivity contribution in [3.63, 3.8) is 0 Å². The zero-order valence-corrected chi connectivity index (χ0v) is 9.73. The summed E-state index contributed by atoms with van der Waals surface area (Å²) in [5.74, 6) is 0.850. The van der Waals surface area contributed by atoms with Gasteiger partial charge in [-0.1, -0.05) is 0 Å². The largest absolute Gasteiger partial charge is 0.367 e. The molecule has 0 atom stereocenters. The number of carbonyl (C=O) groups excluding carboxylic acids is 1. The number of nitrogens with zero attached hydrogens (tertiary/aromatic N) is 2. The first-order valence-corrected chi connectivity index (χ1v) is 5.61. The Balaban J connectivity index is 2.00. The summed E-state index contributed by atoms with van der Waals surface area (Å²) < 4.78 is 0. The maximum atomic E-state index is 11.6. The lowest BCUT2D eigenvalue weighted by molar-refractivity contribution is 0.0827. The molecule has 1 saturated carbocycles. The maximum absolute atomic E-state index is 11.6. The number of nitrogens with one attached hydrogen (secondary N) is 1. The van der Waals surface area contributed by atoms with Crippen LogP contribution in [-0.4, -0.2) is 35.9 Å². The van der Waals surface area contributed by atoms with Gasteiger partial charge in [-0.15, -0.1) is 0 Å². The van der Waals surface area contributed by atoms with Crippen molar-refractivity contribution in [3.8, 4) is 0 Å². The molecule has 0 aromatic carbocycles. The minimum Gasteiger partial charge on any atom is -0.367 e. The van der Waals surface area contributed by atoms with Gasteiger partial charge in [-0.05, 0) is 31.4 Å². The maximum Gasteiger partial charge on any atom is 0.254 e. The highest BCUT2D eigenvalue weighted by atomic mass is 16.2. The van der Waals surface area contributed by atoms with Gasteiger partial charge in [0.25, 0.3) is 5.91 Å². The van der Waals surface area contributed by atoms with Crippen LogP contribution in [0.25, 0.3) is 0 Å². The van der Waals surface area contributed by atoms with Crippen LogP contribution in [0.3, 0.4) is 0 Å². The second kappa shape index (κ2) is 4.51. The van der Waals surface area contributed by atoms with Crippen molar-refractivity contribution < 1.29 is 4.79 Å². The van der Waals surface area contributed by atoms with Crippen LogP contribution < -0.4 is 5.32 Å². The van der Waals surface area contributed by atoms with Crippen molar-refractivity contribution in [3.05, 3.63) is 23.9 Å². The van der Waals surface area contributed by atoms with E-state index in [4.69, 9.17) is 0 Å². The molecule has 16 heavy (non-hydrogen) atoms. The zero-order chi connectivity index (χ0) is 11.5. The molecule has 1 heterocycles. The SMILES string of the molecule is CN(C)C(=O)c1ccc(NC2CCC2)nc1. The fraction of sp³-hybridized carbons (Fsp3) is 0.500. The van der Waals surface area contributed by atoms with Crippen molar-refractivity contribution in [1.82, 2.24) is 9.88 Å². The Labute approximate surface area is 95.7 Å². The van der Waals surface area contributed by atoms with Gasteiger partial charge in [-0.2, -0.15) is 0 Å². The van der Waals surface area contributed by atoms with Crippen LogP contribution in [0.5, 0.6) is 0 Å². The molecule has 1 aliphatic carbocycles. The van der Waals surface area contributed by atoms with Crippen LogP contribution >= 0.6 is 0 Å². The lowest BCUT2D eigenvalue weighted by atomic mass is 9.93. The number of carbonyl (C=O) groups is 1. The van der Waals surface area contributed by atoms with Gasteiger partial charge in [0.1, 0.15) is 5.82 Å². The number of amides is 1. The van der Waals surface area contributed by atoms with E-state index >= 15 is 0 Å². The first-order chi connectivity index (χ1) is 7.66. The Morgan fingerprint density at radius 3 is 2.62 bits per heavy atom. The van der Waals surface area contributed by atoms with Crippen molar-refractivity contribution >= 4 is 11.7 Å². The van der Waals surface area contributed by atoms with Crippen LogP contribution in [0.1, 0.15) is 29.6 Å². The van der Waals surface area contributed by atoms with Gasteiger partial charge in [0.15, 0.2) is 0 Å². The molecule has 0 radical (unpaired) electrons. The Morgan fingerprint density at radius 2 is 2.19 bits per heavy atom. The van der Waals surface area contributed by atoms with Crippen LogP contribution in [0, 0.1) is 0 Å². The molecule has 86 valence electrons. The number of aromatic nitrogens is 1. The Kier molecular flexibility index (Phi) is 3.08. The molecular formula is C12H17N3O. The van der Waals surface area contributed by atoms with E-state index in [1.165, 1.54) is 19.3 Å². The third-order valence-corrected chi connectivity index (χ3v) is 2.87. The molecule has 4 nitrogen and oxygen atoms in total. The number of hydrogen-bond donors (Lipinski definition) is 1. The van der Waals surface area contributed by atoms with Gasteiger partial charge in [0.05, 0.1) is 5.56 Å². The molecule has 0 bridgehead atoms.